The third-order valence-corrected chi connectivity index (χ3v) is 1.39. The number of pyridine rings is 1. The predicted octanol–water partition coefficient (Wildman–Crippen LogP) is 3.07. The second-order valence-electron chi connectivity index (χ2n) is 3.96. The lowest BCUT2D eigenvalue weighted by Gasteiger charge is -1.94. The number of rotatable bonds is 1. The fourth-order valence-corrected chi connectivity index (χ4v) is 0.858. The first-order chi connectivity index (χ1) is 6.99. The third kappa shape index (κ3) is 5.83. The largest absolute Gasteiger partial charge is 0.327 e. The van der Waals surface area contributed by atoms with E-state index in [4.69, 9.17) is 0 Å². The van der Waals surface area contributed by atoms with E-state index >= 15 is 0 Å². The Hall–Kier alpha value is -1.38. The number of aromatic amines is 1. The van der Waals surface area contributed by atoms with Crippen molar-refractivity contribution in [1.29, 1.82) is 0 Å². The van der Waals surface area contributed by atoms with Crippen molar-refractivity contribution in [3.05, 3.63) is 28.2 Å². The molecule has 1 aromatic rings. The van der Waals surface area contributed by atoms with Crippen molar-refractivity contribution in [2.24, 2.45) is 10.9 Å². The van der Waals surface area contributed by atoms with Crippen molar-refractivity contribution in [3.63, 3.8) is 0 Å². The van der Waals surface area contributed by atoms with Gasteiger partial charge in [0.2, 0.25) is 0 Å². The summed E-state index contributed by atoms with van der Waals surface area (Å²) in [5.74, 6) is 0.833. The van der Waals surface area contributed by atoms with Crippen molar-refractivity contribution in [2.75, 3.05) is 0 Å². The molecule has 1 heterocycles. The predicted molar refractivity (Wildman–Crippen MR) is 66.1 cm³/mol. The van der Waals surface area contributed by atoms with Crippen LogP contribution in [0, 0.1) is 12.8 Å². The standard InChI is InChI=1S/C8H10N2O.C4H10/c1-3-9-7-6(2)4-5-10-8(7)11;1-4(2)3/h3-5H,1-2H3,(H,10,11);4H,1-3H3. The van der Waals surface area contributed by atoms with Crippen LogP contribution in [0.25, 0.3) is 0 Å². The zero-order chi connectivity index (χ0) is 11.8. The Kier molecular flexibility index (Phi) is 6.34. The van der Waals surface area contributed by atoms with Gasteiger partial charge in [-0.3, -0.25) is 9.79 Å². The van der Waals surface area contributed by atoms with Crippen molar-refractivity contribution >= 4 is 11.9 Å². The summed E-state index contributed by atoms with van der Waals surface area (Å²) in [5.41, 5.74) is 1.25. The average Bonchev–Trinajstić information content (AvgIpc) is 2.11. The molecule has 0 aromatic carbocycles. The zero-order valence-electron chi connectivity index (χ0n) is 10.2. The third-order valence-electron chi connectivity index (χ3n) is 1.39. The Bertz CT molecular complexity index is 361. The molecule has 0 fully saturated rings. The van der Waals surface area contributed by atoms with Crippen LogP contribution in [0.1, 0.15) is 33.3 Å². The van der Waals surface area contributed by atoms with Gasteiger partial charge in [-0.2, -0.15) is 0 Å². The first kappa shape index (κ1) is 13.6. The minimum Gasteiger partial charge on any atom is -0.327 e. The number of aryl methyl sites for hydroxylation is 1. The van der Waals surface area contributed by atoms with Crippen LogP contribution in [0.2, 0.25) is 0 Å². The van der Waals surface area contributed by atoms with E-state index in [1.807, 2.05) is 13.0 Å². The van der Waals surface area contributed by atoms with Crippen LogP contribution >= 0.6 is 0 Å². The molecule has 1 rings (SSSR count). The van der Waals surface area contributed by atoms with Gasteiger partial charge in [0, 0.05) is 12.4 Å². The summed E-state index contributed by atoms with van der Waals surface area (Å²) in [4.78, 5) is 17.6. The van der Waals surface area contributed by atoms with E-state index < -0.39 is 0 Å². The second kappa shape index (κ2) is 6.98. The van der Waals surface area contributed by atoms with Crippen LogP contribution in [0.4, 0.5) is 5.69 Å². The van der Waals surface area contributed by atoms with Crippen LogP contribution in [-0.4, -0.2) is 11.2 Å². The number of hydrogen-bond donors (Lipinski definition) is 1. The summed E-state index contributed by atoms with van der Waals surface area (Å²) < 4.78 is 0. The van der Waals surface area contributed by atoms with E-state index in [2.05, 4.69) is 30.7 Å². The number of nitrogens with one attached hydrogen (secondary N) is 1. The van der Waals surface area contributed by atoms with E-state index in [9.17, 15) is 4.79 Å². The Morgan fingerprint density at radius 2 is 1.93 bits per heavy atom. The van der Waals surface area contributed by atoms with Gasteiger partial charge in [-0.1, -0.05) is 20.8 Å². The summed E-state index contributed by atoms with van der Waals surface area (Å²) in [7, 11) is 0. The molecule has 0 aliphatic heterocycles. The molecular formula is C12H20N2O. The Morgan fingerprint density at radius 1 is 1.40 bits per heavy atom. The molecule has 84 valence electrons. The molecule has 0 saturated heterocycles. The maximum absolute atomic E-state index is 11.1. The Balaban J connectivity index is 0.000000423. The highest BCUT2D eigenvalue weighted by molar-refractivity contribution is 5.61. The molecule has 3 heteroatoms. The topological polar surface area (TPSA) is 45.2 Å². The summed E-state index contributed by atoms with van der Waals surface area (Å²) in [6, 6.07) is 1.82. The molecule has 3 nitrogen and oxygen atoms in total. The van der Waals surface area contributed by atoms with Gasteiger partial charge < -0.3 is 4.98 Å². The van der Waals surface area contributed by atoms with Gasteiger partial charge >= 0.3 is 0 Å². The number of aromatic nitrogens is 1. The van der Waals surface area contributed by atoms with Gasteiger partial charge in [-0.25, -0.2) is 0 Å². The number of aliphatic imine (C=N–C) groups is 1. The molecule has 1 N–H and O–H groups in total. The van der Waals surface area contributed by atoms with Gasteiger partial charge in [0.05, 0.1) is 0 Å². The highest BCUT2D eigenvalue weighted by atomic mass is 16.1. The minimum absolute atomic E-state index is 0.136. The molecule has 0 spiro atoms. The fraction of sp³-hybridized carbons (Fsp3) is 0.500. The second-order valence-corrected chi connectivity index (χ2v) is 3.96. The van der Waals surface area contributed by atoms with Crippen molar-refractivity contribution < 1.29 is 0 Å². The molecule has 0 aliphatic carbocycles. The maximum Gasteiger partial charge on any atom is 0.274 e. The van der Waals surface area contributed by atoms with Gasteiger partial charge in [-0.15, -0.1) is 0 Å². The summed E-state index contributed by atoms with van der Waals surface area (Å²) in [6.45, 7) is 10.1. The van der Waals surface area contributed by atoms with Gasteiger partial charge in [0.1, 0.15) is 5.69 Å². The van der Waals surface area contributed by atoms with E-state index in [1.165, 1.54) is 0 Å². The van der Waals surface area contributed by atoms with E-state index in [1.54, 1.807) is 19.3 Å². The van der Waals surface area contributed by atoms with Crippen molar-refractivity contribution in [2.45, 2.75) is 34.6 Å². The molecule has 0 unspecified atom stereocenters. The lowest BCUT2D eigenvalue weighted by molar-refractivity contribution is 0.737. The van der Waals surface area contributed by atoms with Crippen LogP contribution < -0.4 is 5.56 Å². The molecule has 0 aliphatic rings. The van der Waals surface area contributed by atoms with E-state index in [0.29, 0.717) is 5.69 Å². The highest BCUT2D eigenvalue weighted by Gasteiger charge is 1.97. The first-order valence-electron chi connectivity index (χ1n) is 5.16. The molecule has 0 atom stereocenters. The first-order valence-corrected chi connectivity index (χ1v) is 5.16. The lowest BCUT2D eigenvalue weighted by atomic mass is 10.2. The lowest BCUT2D eigenvalue weighted by Crippen LogP contribution is -2.04. The summed E-state index contributed by atoms with van der Waals surface area (Å²) in [5, 5.41) is 0. The molecule has 0 amide bonds. The molecule has 1 aromatic heterocycles. The highest BCUT2D eigenvalue weighted by Crippen LogP contribution is 2.08. The number of nitrogens with zero attached hydrogens (tertiary/aromatic N) is 1. The fourth-order valence-electron chi connectivity index (χ4n) is 0.858. The summed E-state index contributed by atoms with van der Waals surface area (Å²) >= 11 is 0. The zero-order valence-corrected chi connectivity index (χ0v) is 10.2. The van der Waals surface area contributed by atoms with Gasteiger partial charge in [0.15, 0.2) is 0 Å². The normalized spacial score (nSPS) is 10.3. The average molecular weight is 208 g/mol. The van der Waals surface area contributed by atoms with Crippen molar-refractivity contribution in [1.82, 2.24) is 4.98 Å². The smallest absolute Gasteiger partial charge is 0.274 e. The van der Waals surface area contributed by atoms with Gasteiger partial charge in [0.25, 0.3) is 5.56 Å². The molecule has 0 radical (unpaired) electrons. The molecule has 0 bridgehead atoms. The SMILES string of the molecule is CC(C)C.CC=Nc1c(C)cc[nH]c1=O. The van der Waals surface area contributed by atoms with E-state index in [0.717, 1.165) is 11.5 Å². The minimum atomic E-state index is -0.136. The van der Waals surface area contributed by atoms with Crippen molar-refractivity contribution in [3.8, 4) is 0 Å². The van der Waals surface area contributed by atoms with Gasteiger partial charge in [-0.05, 0) is 31.4 Å². The Labute approximate surface area is 91.3 Å². The Morgan fingerprint density at radius 3 is 2.33 bits per heavy atom. The molecule has 0 saturated carbocycles. The van der Waals surface area contributed by atoms with Crippen LogP contribution in [0.15, 0.2) is 22.1 Å². The van der Waals surface area contributed by atoms with E-state index in [-0.39, 0.29) is 5.56 Å². The van der Waals surface area contributed by atoms with Crippen LogP contribution in [0.3, 0.4) is 0 Å². The monoisotopic (exact) mass is 208 g/mol. The molecular weight excluding hydrogens is 188 g/mol. The number of H-pyrrole nitrogens is 1. The molecule has 15 heavy (non-hydrogen) atoms. The summed E-state index contributed by atoms with van der Waals surface area (Å²) in [6.07, 6.45) is 3.23. The quantitative estimate of drug-likeness (QED) is 0.708. The van der Waals surface area contributed by atoms with Crippen LogP contribution in [0.5, 0.6) is 0 Å². The number of hydrogen-bond acceptors (Lipinski definition) is 2. The van der Waals surface area contributed by atoms with Crippen LogP contribution in [-0.2, 0) is 0 Å². The maximum atomic E-state index is 11.1.